The van der Waals surface area contributed by atoms with Crippen LogP contribution in [0.2, 0.25) is 0 Å². The first-order chi connectivity index (χ1) is 28.3. The van der Waals surface area contributed by atoms with Crippen molar-refractivity contribution >= 4 is 24.1 Å². The molecule has 304 valence electrons. The van der Waals surface area contributed by atoms with Crippen molar-refractivity contribution in [1.29, 1.82) is 0 Å². The Bertz CT molecular complexity index is 2260. The van der Waals surface area contributed by atoms with Gasteiger partial charge < -0.3 is 29.5 Å². The number of carbonyl (C=O) groups is 4. The van der Waals surface area contributed by atoms with E-state index in [1.807, 2.05) is 84.9 Å². The van der Waals surface area contributed by atoms with Crippen molar-refractivity contribution in [3.05, 3.63) is 149 Å². The van der Waals surface area contributed by atoms with E-state index in [-0.39, 0.29) is 43.8 Å². The van der Waals surface area contributed by atoms with E-state index >= 15 is 0 Å². The predicted octanol–water partition coefficient (Wildman–Crippen LogP) is 7.89. The normalized spacial score (nSPS) is 13.8. The Balaban J connectivity index is 1.10. The zero-order chi connectivity index (χ0) is 41.8. The Hall–Kier alpha value is -6.62. The highest BCUT2D eigenvalue weighted by Gasteiger charge is 2.37. The number of phenols is 1. The molecule has 7 rings (SSSR count). The maximum absolute atomic E-state index is 14.4. The molecule has 0 heterocycles. The molecule has 11 nitrogen and oxygen atoms in total. The lowest BCUT2D eigenvalue weighted by Gasteiger charge is -2.32. The molecule has 0 saturated carbocycles. The maximum Gasteiger partial charge on any atom is 0.410 e. The Labute approximate surface area is 344 Å². The smallest absolute Gasteiger partial charge is 0.410 e. The summed E-state index contributed by atoms with van der Waals surface area (Å²) in [6.45, 7) is 4.95. The first-order valence-electron chi connectivity index (χ1n) is 19.7. The Kier molecular flexibility index (Phi) is 11.7. The molecule has 0 saturated heterocycles. The number of esters is 1. The third-order valence-electron chi connectivity index (χ3n) is 10.9. The number of hydrogen-bond acceptors (Lipinski definition) is 8. The molecule has 11 heteroatoms. The first kappa shape index (κ1) is 40.6. The highest BCUT2D eigenvalue weighted by atomic mass is 16.6. The predicted molar refractivity (Wildman–Crippen MR) is 224 cm³/mol. The van der Waals surface area contributed by atoms with Gasteiger partial charge in [-0.05, 0) is 83.0 Å². The summed E-state index contributed by atoms with van der Waals surface area (Å²) in [6.07, 6.45) is -1.46. The summed E-state index contributed by atoms with van der Waals surface area (Å²) in [4.78, 5) is 58.0. The van der Waals surface area contributed by atoms with Crippen molar-refractivity contribution in [3.8, 4) is 28.0 Å². The highest BCUT2D eigenvalue weighted by molar-refractivity contribution is 5.90. The van der Waals surface area contributed by atoms with Gasteiger partial charge in [0.2, 0.25) is 5.91 Å². The maximum atomic E-state index is 14.4. The number of amides is 3. The van der Waals surface area contributed by atoms with Gasteiger partial charge in [-0.2, -0.15) is 0 Å². The molecule has 5 aromatic rings. The van der Waals surface area contributed by atoms with E-state index in [1.54, 1.807) is 32.9 Å². The fourth-order valence-corrected chi connectivity index (χ4v) is 7.94. The van der Waals surface area contributed by atoms with E-state index in [0.717, 1.165) is 49.4 Å². The van der Waals surface area contributed by atoms with Crippen LogP contribution in [0, 0.1) is 0 Å². The minimum Gasteiger partial charge on any atom is -0.508 e. The molecule has 0 bridgehead atoms. The third-order valence-corrected chi connectivity index (χ3v) is 10.9. The number of benzene rings is 5. The van der Waals surface area contributed by atoms with Gasteiger partial charge in [0, 0.05) is 32.4 Å². The molecule has 3 amide bonds. The van der Waals surface area contributed by atoms with Crippen LogP contribution >= 0.6 is 0 Å². The zero-order valence-corrected chi connectivity index (χ0v) is 33.9. The van der Waals surface area contributed by atoms with Crippen molar-refractivity contribution in [2.24, 2.45) is 0 Å². The second kappa shape index (κ2) is 17.1. The van der Waals surface area contributed by atoms with Crippen LogP contribution in [-0.2, 0) is 30.2 Å². The molecular formula is C48H49N3O8. The topological polar surface area (TPSA) is 135 Å². The number of nitrogens with zero attached hydrogens (tertiary/aromatic N) is 2. The molecule has 2 N–H and O–H groups in total. The van der Waals surface area contributed by atoms with Crippen LogP contribution in [0.1, 0.15) is 60.4 Å². The van der Waals surface area contributed by atoms with Crippen molar-refractivity contribution < 1.29 is 38.5 Å². The van der Waals surface area contributed by atoms with E-state index in [0.29, 0.717) is 5.56 Å². The van der Waals surface area contributed by atoms with E-state index < -0.39 is 41.7 Å². The van der Waals surface area contributed by atoms with Crippen molar-refractivity contribution in [2.75, 3.05) is 33.9 Å². The van der Waals surface area contributed by atoms with Crippen LogP contribution < -0.4 is 5.32 Å². The summed E-state index contributed by atoms with van der Waals surface area (Å²) in [5.41, 5.74) is 8.27. The van der Waals surface area contributed by atoms with Gasteiger partial charge >= 0.3 is 18.2 Å². The Morgan fingerprint density at radius 2 is 1.07 bits per heavy atom. The fraction of sp³-hybridized carbons (Fsp3) is 0.292. The van der Waals surface area contributed by atoms with Gasteiger partial charge in [-0.15, -0.1) is 0 Å². The highest BCUT2D eigenvalue weighted by Crippen LogP contribution is 2.45. The molecule has 2 aliphatic rings. The van der Waals surface area contributed by atoms with E-state index in [2.05, 4.69) is 17.4 Å². The van der Waals surface area contributed by atoms with Gasteiger partial charge in [0.1, 0.15) is 36.6 Å². The van der Waals surface area contributed by atoms with Gasteiger partial charge in [0.05, 0.1) is 6.54 Å². The van der Waals surface area contributed by atoms with Crippen LogP contribution in [0.4, 0.5) is 9.59 Å². The molecule has 2 aliphatic carbocycles. The lowest BCUT2D eigenvalue weighted by atomic mass is 9.98. The molecule has 2 atom stereocenters. The van der Waals surface area contributed by atoms with Crippen molar-refractivity contribution in [3.63, 3.8) is 0 Å². The molecule has 0 spiro atoms. The second-order valence-corrected chi connectivity index (χ2v) is 16.1. The molecule has 0 fully saturated rings. The number of likely N-dealkylation sites (N-methyl/N-ethyl adjacent to an activating group) is 2. The number of aromatic hydroxyl groups is 1. The Morgan fingerprint density at radius 1 is 0.644 bits per heavy atom. The number of fused-ring (bicyclic) bond motifs is 6. The molecule has 59 heavy (non-hydrogen) atoms. The Morgan fingerprint density at radius 3 is 1.51 bits per heavy atom. The fourth-order valence-electron chi connectivity index (χ4n) is 7.94. The average Bonchev–Trinajstić information content (AvgIpc) is 3.72. The van der Waals surface area contributed by atoms with Crippen molar-refractivity contribution in [2.45, 2.75) is 56.7 Å². The summed E-state index contributed by atoms with van der Waals surface area (Å²) in [7, 11) is 2.92. The summed E-state index contributed by atoms with van der Waals surface area (Å²) < 4.78 is 17.5. The minimum atomic E-state index is -1.32. The van der Waals surface area contributed by atoms with Crippen LogP contribution in [0.3, 0.4) is 0 Å². The lowest BCUT2D eigenvalue weighted by Crippen LogP contribution is -2.57. The van der Waals surface area contributed by atoms with Gasteiger partial charge in [-0.3, -0.25) is 9.69 Å². The molecule has 2 unspecified atom stereocenters. The SMILES string of the molecule is CN(CC(C(=O)NC(Cc1ccc(O)cc1)C(=O)OC(C)(C)C)N(C)C(=O)OCC1c2ccccc2-c2ccccc21)C(=O)OCC1c2ccccc2-c2ccccc21. The number of hydrogen-bond donors (Lipinski definition) is 2. The van der Waals surface area contributed by atoms with Crippen LogP contribution in [-0.4, -0.2) is 90.5 Å². The number of rotatable bonds is 12. The molecule has 0 aliphatic heterocycles. The van der Waals surface area contributed by atoms with Gasteiger partial charge in [-0.1, -0.05) is 109 Å². The molecule has 0 radical (unpaired) electrons. The largest absolute Gasteiger partial charge is 0.508 e. The number of phenolic OH excluding ortho intramolecular Hbond substituents is 1. The van der Waals surface area contributed by atoms with E-state index in [4.69, 9.17) is 14.2 Å². The summed E-state index contributed by atoms with van der Waals surface area (Å²) >= 11 is 0. The average molecular weight is 796 g/mol. The van der Waals surface area contributed by atoms with Gasteiger partial charge in [-0.25, -0.2) is 14.4 Å². The quantitative estimate of drug-likeness (QED) is 0.0963. The number of nitrogens with one attached hydrogen (secondary N) is 1. The van der Waals surface area contributed by atoms with Gasteiger partial charge in [0.15, 0.2) is 0 Å². The summed E-state index contributed by atoms with van der Waals surface area (Å²) in [5.74, 6) is -1.76. The monoisotopic (exact) mass is 795 g/mol. The lowest BCUT2D eigenvalue weighted by molar-refractivity contribution is -0.159. The minimum absolute atomic E-state index is 0.00907. The van der Waals surface area contributed by atoms with Crippen molar-refractivity contribution in [1.82, 2.24) is 15.1 Å². The van der Waals surface area contributed by atoms with Gasteiger partial charge in [0.25, 0.3) is 0 Å². The van der Waals surface area contributed by atoms with E-state index in [9.17, 15) is 24.3 Å². The molecule has 0 aromatic heterocycles. The van der Waals surface area contributed by atoms with Crippen LogP contribution in [0.5, 0.6) is 5.75 Å². The summed E-state index contributed by atoms with van der Waals surface area (Å²) in [5, 5.41) is 12.7. The number of ether oxygens (including phenoxy) is 3. The third kappa shape index (κ3) is 8.94. The van der Waals surface area contributed by atoms with Crippen LogP contribution in [0.15, 0.2) is 121 Å². The zero-order valence-electron chi connectivity index (χ0n) is 33.9. The summed E-state index contributed by atoms with van der Waals surface area (Å²) in [6, 6.07) is 35.8. The molecule has 5 aromatic carbocycles. The van der Waals surface area contributed by atoms with E-state index in [1.165, 1.54) is 31.1 Å². The number of carbonyl (C=O) groups excluding carboxylic acids is 4. The first-order valence-corrected chi connectivity index (χ1v) is 19.7. The van der Waals surface area contributed by atoms with Crippen LogP contribution in [0.25, 0.3) is 22.3 Å². The second-order valence-electron chi connectivity index (χ2n) is 16.1. The molecular weight excluding hydrogens is 747 g/mol. The standard InChI is InChI=1S/C48H49N3O8/c1-48(2,3)59-45(54)42(26-30-22-24-31(52)25-23-30)49-44(53)43(51(5)47(56)58-29-41-38-20-12-8-16-34(38)35-17-9-13-21-39(35)41)27-50(4)46(55)57-28-40-36-18-10-6-14-32(36)33-15-7-11-19-37(33)40/h6-25,40-43,52H,26-29H2,1-5H3,(H,49,53).